The predicted octanol–water partition coefficient (Wildman–Crippen LogP) is 3.13. The minimum atomic E-state index is -4.55. The summed E-state index contributed by atoms with van der Waals surface area (Å²) in [6.45, 7) is 6.36. The quantitative estimate of drug-likeness (QED) is 0.617. The van der Waals surface area contributed by atoms with Crippen molar-refractivity contribution in [1.82, 2.24) is 9.99 Å². The van der Waals surface area contributed by atoms with Crippen LogP contribution in [0.4, 0.5) is 19.0 Å². The zero-order chi connectivity index (χ0) is 19.2. The van der Waals surface area contributed by atoms with E-state index in [-0.39, 0.29) is 12.1 Å². The Kier molecular flexibility index (Phi) is 4.90. The number of aliphatic hydroxyl groups is 1. The highest BCUT2D eigenvalue weighted by Gasteiger charge is 2.57. The minimum absolute atomic E-state index is 0.104. The lowest BCUT2D eigenvalue weighted by Gasteiger charge is -2.25. The number of hydrogen-bond acceptors (Lipinski definition) is 5. The largest absolute Gasteiger partial charge is 0.419 e. The molecule has 3 N–H and O–H groups in total. The average Bonchev–Trinajstić information content (AvgIpc) is 3.09. The van der Waals surface area contributed by atoms with E-state index in [1.165, 1.54) is 6.20 Å². The number of hydrazone groups is 1. The number of pyridine rings is 1. The first kappa shape index (κ1) is 18.9. The number of halogens is 3. The summed E-state index contributed by atoms with van der Waals surface area (Å²) in [5, 5.41) is 16.4. The summed E-state index contributed by atoms with van der Waals surface area (Å²) < 4.78 is 39.1. The number of nitrogens with zero attached hydrogens (tertiary/aromatic N) is 3. The van der Waals surface area contributed by atoms with Crippen molar-refractivity contribution >= 4 is 11.5 Å². The van der Waals surface area contributed by atoms with Gasteiger partial charge in [0.1, 0.15) is 5.82 Å². The number of aliphatic hydroxyl groups excluding tert-OH is 1. The molecular weight excluding hydrogens is 345 g/mol. The maximum Gasteiger partial charge on any atom is 0.419 e. The zero-order valence-corrected chi connectivity index (χ0v) is 15.2. The first-order chi connectivity index (χ1) is 12.1. The summed E-state index contributed by atoms with van der Waals surface area (Å²) in [5.74, 6) is 0.779. The van der Waals surface area contributed by atoms with Crippen LogP contribution in [0.25, 0.3) is 0 Å². The highest BCUT2D eigenvalue weighted by Crippen LogP contribution is 2.57. The van der Waals surface area contributed by atoms with Crippen molar-refractivity contribution in [2.24, 2.45) is 22.9 Å². The zero-order valence-electron chi connectivity index (χ0n) is 15.2. The Bertz CT molecular complexity index is 704. The maximum atomic E-state index is 13.0. The van der Waals surface area contributed by atoms with Gasteiger partial charge >= 0.3 is 6.18 Å². The molecule has 2 aliphatic rings. The van der Waals surface area contributed by atoms with Crippen LogP contribution < -0.4 is 5.73 Å². The molecule has 1 aromatic heterocycles. The Balaban J connectivity index is 1.78. The fourth-order valence-corrected chi connectivity index (χ4v) is 4.00. The smallest absolute Gasteiger partial charge is 0.393 e. The third-order valence-corrected chi connectivity index (χ3v) is 5.55. The van der Waals surface area contributed by atoms with Crippen LogP contribution in [-0.2, 0) is 6.18 Å². The van der Waals surface area contributed by atoms with E-state index in [0.29, 0.717) is 35.6 Å². The molecule has 0 bridgehead atoms. The fourth-order valence-electron chi connectivity index (χ4n) is 4.00. The molecule has 2 saturated carbocycles. The number of aromatic nitrogens is 1. The van der Waals surface area contributed by atoms with E-state index in [0.717, 1.165) is 18.9 Å². The van der Waals surface area contributed by atoms with Crippen LogP contribution in [0.3, 0.4) is 0 Å². The molecule has 0 saturated heterocycles. The monoisotopic (exact) mass is 370 g/mol. The van der Waals surface area contributed by atoms with Gasteiger partial charge in [-0.1, -0.05) is 0 Å². The lowest BCUT2D eigenvalue weighted by molar-refractivity contribution is -0.137. The van der Waals surface area contributed by atoms with Crippen molar-refractivity contribution in [2.75, 3.05) is 12.3 Å². The fraction of sp³-hybridized carbons (Fsp3) is 0.667. The van der Waals surface area contributed by atoms with Crippen molar-refractivity contribution < 1.29 is 18.3 Å². The van der Waals surface area contributed by atoms with Crippen LogP contribution in [0.15, 0.2) is 17.4 Å². The van der Waals surface area contributed by atoms with Crippen molar-refractivity contribution in [3.05, 3.63) is 23.4 Å². The number of nitrogens with two attached hydrogens (primary N) is 1. The highest BCUT2D eigenvalue weighted by molar-refractivity contribution is 5.98. The molecule has 4 atom stereocenters. The number of fused-ring (bicyclic) bond motifs is 1. The molecular formula is C18H25F3N4O. The van der Waals surface area contributed by atoms with Crippen LogP contribution in [0.5, 0.6) is 0 Å². The number of anilines is 1. The second-order valence-electron chi connectivity index (χ2n) is 7.61. The van der Waals surface area contributed by atoms with E-state index < -0.39 is 17.6 Å². The molecule has 0 radical (unpaired) electrons. The van der Waals surface area contributed by atoms with Crippen molar-refractivity contribution in [1.29, 1.82) is 0 Å². The number of alkyl halides is 3. The van der Waals surface area contributed by atoms with Gasteiger partial charge < -0.3 is 10.8 Å². The number of nitrogen functional groups attached to an aromatic ring is 1. The van der Waals surface area contributed by atoms with Gasteiger partial charge in [0.25, 0.3) is 0 Å². The van der Waals surface area contributed by atoms with E-state index in [2.05, 4.69) is 10.1 Å². The predicted molar refractivity (Wildman–Crippen MR) is 93.4 cm³/mol. The molecule has 2 aliphatic carbocycles. The molecule has 3 rings (SSSR count). The summed E-state index contributed by atoms with van der Waals surface area (Å²) in [4.78, 5) is 3.67. The first-order valence-corrected chi connectivity index (χ1v) is 8.92. The number of rotatable bonds is 5. The van der Waals surface area contributed by atoms with Crippen molar-refractivity contribution in [2.45, 2.75) is 51.9 Å². The highest BCUT2D eigenvalue weighted by atomic mass is 19.4. The van der Waals surface area contributed by atoms with Gasteiger partial charge in [0.15, 0.2) is 0 Å². The van der Waals surface area contributed by atoms with Crippen LogP contribution >= 0.6 is 0 Å². The molecule has 0 aliphatic heterocycles. The number of hydrogen-bond donors (Lipinski definition) is 2. The molecule has 0 spiro atoms. The van der Waals surface area contributed by atoms with Gasteiger partial charge in [-0.2, -0.15) is 18.3 Å². The van der Waals surface area contributed by atoms with Gasteiger partial charge in [0.05, 0.1) is 17.4 Å². The molecule has 5 nitrogen and oxygen atoms in total. The molecule has 1 aromatic rings. The van der Waals surface area contributed by atoms with Crippen LogP contribution in [0.1, 0.15) is 44.7 Å². The molecule has 2 fully saturated rings. The van der Waals surface area contributed by atoms with E-state index in [4.69, 9.17) is 5.73 Å². The second-order valence-corrected chi connectivity index (χ2v) is 7.61. The van der Waals surface area contributed by atoms with Gasteiger partial charge in [0.2, 0.25) is 0 Å². The molecule has 144 valence electrons. The Hall–Kier alpha value is -1.83. The maximum absolute atomic E-state index is 13.0. The molecule has 0 amide bonds. The Labute approximate surface area is 151 Å². The Morgan fingerprint density at radius 3 is 2.65 bits per heavy atom. The third-order valence-electron chi connectivity index (χ3n) is 5.55. The van der Waals surface area contributed by atoms with Crippen LogP contribution in [-0.4, -0.2) is 39.5 Å². The van der Waals surface area contributed by atoms with E-state index in [1.807, 2.05) is 18.9 Å². The lowest BCUT2D eigenvalue weighted by Crippen LogP contribution is -2.30. The second kappa shape index (κ2) is 6.72. The molecule has 0 aromatic carbocycles. The summed E-state index contributed by atoms with van der Waals surface area (Å²) in [5.41, 5.74) is 5.18. The van der Waals surface area contributed by atoms with E-state index in [9.17, 15) is 18.3 Å². The summed E-state index contributed by atoms with van der Waals surface area (Å²) in [7, 11) is 0. The normalized spacial score (nSPS) is 28.4. The molecule has 1 heterocycles. The van der Waals surface area contributed by atoms with Crippen molar-refractivity contribution in [3.63, 3.8) is 0 Å². The molecule has 26 heavy (non-hydrogen) atoms. The first-order valence-electron chi connectivity index (χ1n) is 8.92. The standard InChI is InChI=1S/C18H25F3N4O/c1-9(2)25(8-13-12-4-5-15(26)16(12)13)24-10(3)11-6-14(18(19,20)21)17(22)23-7-11/h6-7,9,12-13,15-16,26H,4-5,8H2,1-3H3,(H2,22,23)/b24-10+/t12-,13-,15+,16-/m1/s1. The van der Waals surface area contributed by atoms with E-state index >= 15 is 0 Å². The van der Waals surface area contributed by atoms with Gasteiger partial charge in [-0.15, -0.1) is 0 Å². The lowest BCUT2D eigenvalue weighted by atomic mass is 10.1. The van der Waals surface area contributed by atoms with Gasteiger partial charge in [0, 0.05) is 24.3 Å². The molecule has 0 unspecified atom stereocenters. The summed E-state index contributed by atoms with van der Waals surface area (Å²) in [6, 6.07) is 1.10. The average molecular weight is 370 g/mol. The summed E-state index contributed by atoms with van der Waals surface area (Å²) >= 11 is 0. The van der Waals surface area contributed by atoms with Crippen LogP contribution in [0.2, 0.25) is 0 Å². The minimum Gasteiger partial charge on any atom is -0.393 e. The Morgan fingerprint density at radius 1 is 1.42 bits per heavy atom. The summed E-state index contributed by atoms with van der Waals surface area (Å²) in [6.07, 6.45) is -1.54. The SMILES string of the molecule is C/C(=N\N(C[C@@H]1[C@H]2CC[C@H](O)[C@H]21)C(C)C)c1cnc(N)c(C(F)(F)F)c1. The molecule has 8 heteroatoms. The van der Waals surface area contributed by atoms with Crippen molar-refractivity contribution in [3.8, 4) is 0 Å². The third kappa shape index (κ3) is 3.65. The topological polar surface area (TPSA) is 74.7 Å². The van der Waals surface area contributed by atoms with Crippen LogP contribution in [0, 0.1) is 17.8 Å². The van der Waals surface area contributed by atoms with E-state index in [1.54, 1.807) is 6.92 Å². The van der Waals surface area contributed by atoms with Gasteiger partial charge in [-0.05, 0) is 57.4 Å². The van der Waals surface area contributed by atoms with Gasteiger partial charge in [-0.25, -0.2) is 4.98 Å². The van der Waals surface area contributed by atoms with Gasteiger partial charge in [-0.3, -0.25) is 5.01 Å². The Morgan fingerprint density at radius 2 is 2.12 bits per heavy atom.